The van der Waals surface area contributed by atoms with Crippen LogP contribution in [0.5, 0.6) is 0 Å². The van der Waals surface area contributed by atoms with Crippen LogP contribution in [0.15, 0.2) is 48.5 Å². The molecule has 1 aromatic heterocycles. The van der Waals surface area contributed by atoms with E-state index < -0.39 is 17.5 Å². The summed E-state index contributed by atoms with van der Waals surface area (Å²) in [5.74, 6) is -2.30. The predicted octanol–water partition coefficient (Wildman–Crippen LogP) is 5.36. The Balaban J connectivity index is 1.78. The molecule has 0 aliphatic heterocycles. The monoisotopic (exact) mass is 396 g/mol. The number of amides is 1. The van der Waals surface area contributed by atoms with E-state index in [2.05, 4.69) is 41.4 Å². The normalized spacial score (nSPS) is 11.2. The highest BCUT2D eigenvalue weighted by Gasteiger charge is 2.14. The molecule has 2 N–H and O–H groups in total. The van der Waals surface area contributed by atoms with Gasteiger partial charge >= 0.3 is 0 Å². The van der Waals surface area contributed by atoms with Gasteiger partial charge in [-0.1, -0.05) is 32.9 Å². The second-order valence-electron chi connectivity index (χ2n) is 7.75. The molecule has 150 valence electrons. The predicted molar refractivity (Wildman–Crippen MR) is 110 cm³/mol. The Labute approximate surface area is 168 Å². The molecule has 1 heterocycles. The Morgan fingerprint density at radius 2 is 1.55 bits per heavy atom. The summed E-state index contributed by atoms with van der Waals surface area (Å²) in [7, 11) is 0. The Hall–Kier alpha value is -3.35. The minimum absolute atomic E-state index is 0.0451. The second-order valence-corrected chi connectivity index (χ2v) is 7.75. The summed E-state index contributed by atoms with van der Waals surface area (Å²) < 4.78 is 26.4. The summed E-state index contributed by atoms with van der Waals surface area (Å²) in [6.07, 6.45) is 0. The van der Waals surface area contributed by atoms with Crippen molar-refractivity contribution >= 4 is 23.2 Å². The first kappa shape index (κ1) is 20.4. The lowest BCUT2D eigenvalue weighted by atomic mass is 9.87. The maximum Gasteiger partial charge on any atom is 0.274 e. The number of benzene rings is 2. The Bertz CT molecular complexity index is 1040. The quantitative estimate of drug-likeness (QED) is 0.623. The molecule has 7 heteroatoms. The fourth-order valence-electron chi connectivity index (χ4n) is 2.69. The molecule has 3 rings (SSSR count). The number of carbonyl (C=O) groups excluding carboxylic acids is 1. The van der Waals surface area contributed by atoms with Crippen molar-refractivity contribution in [2.75, 3.05) is 10.6 Å². The van der Waals surface area contributed by atoms with Crippen molar-refractivity contribution in [2.24, 2.45) is 0 Å². The van der Waals surface area contributed by atoms with E-state index in [1.54, 1.807) is 6.92 Å². The van der Waals surface area contributed by atoms with E-state index in [1.807, 2.05) is 24.3 Å². The Morgan fingerprint density at radius 3 is 2.17 bits per heavy atom. The largest absolute Gasteiger partial charge is 0.324 e. The molecule has 0 spiro atoms. The molecule has 0 fully saturated rings. The van der Waals surface area contributed by atoms with Crippen LogP contribution in [-0.4, -0.2) is 15.9 Å². The number of rotatable bonds is 4. The number of halogens is 2. The van der Waals surface area contributed by atoms with Crippen molar-refractivity contribution < 1.29 is 13.6 Å². The van der Waals surface area contributed by atoms with Gasteiger partial charge in [-0.3, -0.25) is 4.79 Å². The third-order valence-corrected chi connectivity index (χ3v) is 4.27. The van der Waals surface area contributed by atoms with E-state index in [9.17, 15) is 13.6 Å². The van der Waals surface area contributed by atoms with Crippen LogP contribution in [0.1, 0.15) is 42.5 Å². The molecule has 3 aromatic rings. The Kier molecular flexibility index (Phi) is 5.59. The highest BCUT2D eigenvalue weighted by Crippen LogP contribution is 2.24. The van der Waals surface area contributed by atoms with Gasteiger partial charge in [-0.15, -0.1) is 0 Å². The number of hydrogen-bond acceptors (Lipinski definition) is 4. The zero-order chi connectivity index (χ0) is 21.2. The fraction of sp³-hybridized carbons (Fsp3) is 0.227. The molecule has 5 nitrogen and oxygen atoms in total. The van der Waals surface area contributed by atoms with Crippen LogP contribution in [0.4, 0.5) is 26.1 Å². The highest BCUT2D eigenvalue weighted by atomic mass is 19.2. The minimum Gasteiger partial charge on any atom is -0.324 e. The van der Waals surface area contributed by atoms with E-state index in [1.165, 1.54) is 17.7 Å². The topological polar surface area (TPSA) is 66.9 Å². The van der Waals surface area contributed by atoms with Crippen LogP contribution in [0.2, 0.25) is 0 Å². The van der Waals surface area contributed by atoms with Crippen LogP contribution in [0.25, 0.3) is 0 Å². The van der Waals surface area contributed by atoms with Crippen LogP contribution in [0, 0.1) is 18.6 Å². The van der Waals surface area contributed by atoms with Gasteiger partial charge in [-0.2, -0.15) is 0 Å². The van der Waals surface area contributed by atoms with E-state index >= 15 is 0 Å². The number of nitrogens with one attached hydrogen (secondary N) is 2. The molecule has 1 amide bonds. The summed E-state index contributed by atoms with van der Waals surface area (Å²) in [5, 5.41) is 5.59. The van der Waals surface area contributed by atoms with Gasteiger partial charge in [0.1, 0.15) is 5.69 Å². The first-order chi connectivity index (χ1) is 13.6. The number of hydrogen-bond donors (Lipinski definition) is 2. The molecule has 0 aliphatic rings. The van der Waals surface area contributed by atoms with Crippen molar-refractivity contribution in [1.82, 2.24) is 9.97 Å². The van der Waals surface area contributed by atoms with Gasteiger partial charge in [-0.25, -0.2) is 18.7 Å². The van der Waals surface area contributed by atoms with Crippen molar-refractivity contribution in [3.8, 4) is 0 Å². The van der Waals surface area contributed by atoms with Gasteiger partial charge in [0.25, 0.3) is 5.91 Å². The average molecular weight is 396 g/mol. The van der Waals surface area contributed by atoms with Crippen molar-refractivity contribution in [2.45, 2.75) is 33.1 Å². The molecule has 29 heavy (non-hydrogen) atoms. The maximum atomic E-state index is 13.3. The number of aryl methyl sites for hydroxylation is 1. The molecule has 0 atom stereocenters. The van der Waals surface area contributed by atoms with Crippen LogP contribution < -0.4 is 10.6 Å². The molecule has 0 radical (unpaired) electrons. The summed E-state index contributed by atoms with van der Waals surface area (Å²) in [4.78, 5) is 21.0. The van der Waals surface area contributed by atoms with E-state index in [0.29, 0.717) is 5.69 Å². The third-order valence-electron chi connectivity index (χ3n) is 4.27. The van der Waals surface area contributed by atoms with Crippen molar-refractivity contribution in [3.63, 3.8) is 0 Å². The zero-order valence-electron chi connectivity index (χ0n) is 16.7. The smallest absolute Gasteiger partial charge is 0.274 e. The molecule has 0 saturated carbocycles. The molecular formula is C22H22F2N4O. The lowest BCUT2D eigenvalue weighted by Crippen LogP contribution is -2.16. The molecule has 0 aliphatic carbocycles. The van der Waals surface area contributed by atoms with Crippen molar-refractivity contribution in [1.29, 1.82) is 0 Å². The van der Waals surface area contributed by atoms with E-state index in [4.69, 9.17) is 0 Å². The molecule has 0 saturated heterocycles. The van der Waals surface area contributed by atoms with Gasteiger partial charge in [0.05, 0.1) is 0 Å². The lowest BCUT2D eigenvalue weighted by Gasteiger charge is -2.19. The van der Waals surface area contributed by atoms with Gasteiger partial charge < -0.3 is 10.6 Å². The van der Waals surface area contributed by atoms with Crippen LogP contribution in [-0.2, 0) is 5.41 Å². The number of anilines is 3. The first-order valence-corrected chi connectivity index (χ1v) is 9.11. The van der Waals surface area contributed by atoms with Gasteiger partial charge in [0, 0.05) is 23.1 Å². The third kappa shape index (κ3) is 5.13. The number of aromatic nitrogens is 2. The average Bonchev–Trinajstić information content (AvgIpc) is 2.64. The standard InChI is InChI=1S/C22H22F2N4O/c1-13-11-19(20(29)26-16-9-10-17(23)18(24)12-16)28-21(25-13)27-15-7-5-14(6-8-15)22(2,3)4/h5-12H,1-4H3,(H,26,29)(H,25,27,28). The summed E-state index contributed by atoms with van der Waals surface area (Å²) in [6, 6.07) is 12.6. The highest BCUT2D eigenvalue weighted by molar-refractivity contribution is 6.03. The van der Waals surface area contributed by atoms with Crippen LogP contribution >= 0.6 is 0 Å². The molecule has 0 bridgehead atoms. The first-order valence-electron chi connectivity index (χ1n) is 9.11. The second kappa shape index (κ2) is 7.95. The summed E-state index contributed by atoms with van der Waals surface area (Å²) >= 11 is 0. The number of nitrogens with zero attached hydrogens (tertiary/aromatic N) is 2. The van der Waals surface area contributed by atoms with Gasteiger partial charge in [0.2, 0.25) is 5.95 Å². The van der Waals surface area contributed by atoms with E-state index in [-0.39, 0.29) is 22.7 Å². The Morgan fingerprint density at radius 1 is 0.897 bits per heavy atom. The molecule has 0 unspecified atom stereocenters. The molecule has 2 aromatic carbocycles. The van der Waals surface area contributed by atoms with Crippen molar-refractivity contribution in [3.05, 3.63) is 77.1 Å². The summed E-state index contributed by atoms with van der Waals surface area (Å²) in [5.41, 5.74) is 2.86. The van der Waals surface area contributed by atoms with E-state index in [0.717, 1.165) is 17.8 Å². The fourth-order valence-corrected chi connectivity index (χ4v) is 2.69. The SMILES string of the molecule is Cc1cc(C(=O)Nc2ccc(F)c(F)c2)nc(Nc2ccc(C(C)(C)C)cc2)n1. The zero-order valence-corrected chi connectivity index (χ0v) is 16.7. The number of carbonyl (C=O) groups is 1. The summed E-state index contributed by atoms with van der Waals surface area (Å²) in [6.45, 7) is 8.15. The molecular weight excluding hydrogens is 374 g/mol. The minimum atomic E-state index is -1.04. The lowest BCUT2D eigenvalue weighted by molar-refractivity contribution is 0.102. The van der Waals surface area contributed by atoms with Crippen LogP contribution in [0.3, 0.4) is 0 Å². The van der Waals surface area contributed by atoms with Gasteiger partial charge in [0.15, 0.2) is 11.6 Å². The van der Waals surface area contributed by atoms with Gasteiger partial charge in [-0.05, 0) is 48.2 Å². The maximum absolute atomic E-state index is 13.3.